The van der Waals surface area contributed by atoms with E-state index < -0.39 is 17.5 Å². The second kappa shape index (κ2) is 10.6. The molecule has 9 heteroatoms. The average molecular weight is 622 g/mol. The van der Waals surface area contributed by atoms with Crippen LogP contribution >= 0.6 is 27.5 Å². The predicted octanol–water partition coefficient (Wildman–Crippen LogP) is 7.69. The van der Waals surface area contributed by atoms with Crippen LogP contribution in [0, 0.1) is 30.1 Å². The van der Waals surface area contributed by atoms with Crippen molar-refractivity contribution in [1.82, 2.24) is 0 Å². The van der Waals surface area contributed by atoms with Crippen molar-refractivity contribution in [2.45, 2.75) is 72.5 Å². The standard InChI is InChI=1S/C30H34BrClO7/c1-14(2)10-20(33)18-8-9-21-22(25(18)36-5)28(34)37-13-19-24(32)15(3)23(31)27(26(19)38-21)39-29(35)30(4)12-16-6-7-17(30)11-16/h8-9,14,16-17,20,33H,6-7,10-13H2,1-5H3/t16?,17?,20-,30+/m0/s1. The van der Waals surface area contributed by atoms with E-state index in [0.717, 1.165) is 25.7 Å². The molecular formula is C30H34BrClO7. The lowest BCUT2D eigenvalue weighted by molar-refractivity contribution is -0.148. The van der Waals surface area contributed by atoms with Gasteiger partial charge in [-0.2, -0.15) is 0 Å². The van der Waals surface area contributed by atoms with E-state index >= 15 is 0 Å². The van der Waals surface area contributed by atoms with Crippen LogP contribution in [-0.2, 0) is 16.1 Å². The summed E-state index contributed by atoms with van der Waals surface area (Å²) >= 11 is 10.3. The Labute approximate surface area is 242 Å². The molecule has 0 aromatic heterocycles. The minimum atomic E-state index is -0.846. The van der Waals surface area contributed by atoms with Crippen molar-refractivity contribution in [2.75, 3.05) is 7.11 Å². The molecule has 4 atom stereocenters. The molecule has 1 N–H and O–H groups in total. The molecule has 2 aromatic carbocycles. The number of halogens is 2. The Morgan fingerprint density at radius 2 is 2.03 bits per heavy atom. The molecule has 0 spiro atoms. The zero-order valence-electron chi connectivity index (χ0n) is 22.9. The van der Waals surface area contributed by atoms with Gasteiger partial charge in [0.15, 0.2) is 11.5 Å². The molecule has 2 aromatic rings. The summed E-state index contributed by atoms with van der Waals surface area (Å²) in [6, 6.07) is 3.27. The normalized spacial score (nSPS) is 24.3. The fourth-order valence-corrected chi connectivity index (χ4v) is 7.26. The number of carbonyl (C=O) groups excluding carboxylic acids is 2. The predicted molar refractivity (Wildman–Crippen MR) is 150 cm³/mol. The van der Waals surface area contributed by atoms with E-state index in [1.165, 1.54) is 7.11 Å². The number of hydrogen-bond acceptors (Lipinski definition) is 7. The minimum Gasteiger partial charge on any atom is -0.495 e. The molecule has 0 radical (unpaired) electrons. The molecule has 2 fully saturated rings. The van der Waals surface area contributed by atoms with Crippen LogP contribution < -0.4 is 14.2 Å². The summed E-state index contributed by atoms with van der Waals surface area (Å²) in [4.78, 5) is 26.9. The van der Waals surface area contributed by atoms with Crippen LogP contribution in [-0.4, -0.2) is 24.2 Å². The van der Waals surface area contributed by atoms with E-state index in [1.807, 2.05) is 20.8 Å². The topological polar surface area (TPSA) is 91.3 Å². The lowest BCUT2D eigenvalue weighted by atomic mass is 9.75. The summed E-state index contributed by atoms with van der Waals surface area (Å²) in [6.45, 7) is 7.59. The number of benzene rings is 2. The van der Waals surface area contributed by atoms with Gasteiger partial charge in [0.25, 0.3) is 0 Å². The first-order valence-electron chi connectivity index (χ1n) is 13.4. The van der Waals surface area contributed by atoms with Gasteiger partial charge in [0.1, 0.15) is 23.7 Å². The summed E-state index contributed by atoms with van der Waals surface area (Å²) in [6.07, 6.45) is 3.68. The van der Waals surface area contributed by atoms with Gasteiger partial charge in [0.05, 0.1) is 33.7 Å². The first-order chi connectivity index (χ1) is 18.5. The summed E-state index contributed by atoms with van der Waals surface area (Å²) in [5, 5.41) is 11.2. The van der Waals surface area contributed by atoms with Crippen LogP contribution in [0.1, 0.15) is 86.0 Å². The van der Waals surface area contributed by atoms with E-state index in [-0.39, 0.29) is 47.1 Å². The van der Waals surface area contributed by atoms with E-state index in [9.17, 15) is 14.7 Å². The van der Waals surface area contributed by atoms with Crippen LogP contribution in [0.2, 0.25) is 5.02 Å². The number of cyclic esters (lactones) is 1. The van der Waals surface area contributed by atoms with E-state index in [4.69, 9.17) is 30.5 Å². The maximum atomic E-state index is 13.7. The van der Waals surface area contributed by atoms with Crippen LogP contribution in [0.4, 0.5) is 0 Å². The van der Waals surface area contributed by atoms with Crippen molar-refractivity contribution in [3.63, 3.8) is 0 Å². The van der Waals surface area contributed by atoms with E-state index in [1.54, 1.807) is 19.1 Å². The van der Waals surface area contributed by atoms with Gasteiger partial charge in [-0.3, -0.25) is 4.79 Å². The molecule has 2 bridgehead atoms. The van der Waals surface area contributed by atoms with Crippen LogP contribution in [0.3, 0.4) is 0 Å². The quantitative estimate of drug-likeness (QED) is 0.261. The molecule has 0 amide bonds. The van der Waals surface area contributed by atoms with Crippen molar-refractivity contribution >= 4 is 39.5 Å². The van der Waals surface area contributed by atoms with Gasteiger partial charge >= 0.3 is 11.9 Å². The van der Waals surface area contributed by atoms with Gasteiger partial charge in [-0.05, 0) is 90.9 Å². The largest absolute Gasteiger partial charge is 0.495 e. The SMILES string of the molecule is COc1c([C@@H](O)CC(C)C)ccc2c1C(=O)OCc1c(Cl)c(C)c(Br)c(OC(=O)[C@]3(C)CC4CCC3C4)c1O2. The number of carbonyl (C=O) groups is 2. The maximum absolute atomic E-state index is 13.7. The zero-order valence-corrected chi connectivity index (χ0v) is 25.2. The summed E-state index contributed by atoms with van der Waals surface area (Å²) in [5.41, 5.74) is 0.986. The lowest BCUT2D eigenvalue weighted by Crippen LogP contribution is -2.37. The van der Waals surface area contributed by atoms with Gasteiger partial charge in [-0.1, -0.05) is 31.9 Å². The highest BCUT2D eigenvalue weighted by molar-refractivity contribution is 9.10. The van der Waals surface area contributed by atoms with E-state index in [0.29, 0.717) is 44.4 Å². The molecule has 3 aliphatic rings. The molecule has 2 saturated carbocycles. The first kappa shape index (κ1) is 28.2. The number of methoxy groups -OCH3 is 1. The van der Waals surface area contributed by atoms with Crippen molar-refractivity contribution < 1.29 is 33.6 Å². The van der Waals surface area contributed by atoms with Gasteiger partial charge in [-0.25, -0.2) is 4.79 Å². The lowest BCUT2D eigenvalue weighted by Gasteiger charge is -2.32. The second-order valence-electron chi connectivity index (χ2n) is 11.7. The van der Waals surface area contributed by atoms with Crippen molar-refractivity contribution in [2.24, 2.45) is 23.2 Å². The van der Waals surface area contributed by atoms with Gasteiger partial charge in [0, 0.05) is 5.56 Å². The van der Waals surface area contributed by atoms with Gasteiger partial charge in [0.2, 0.25) is 0 Å². The molecule has 2 unspecified atom stereocenters. The molecular weight excluding hydrogens is 588 g/mol. The van der Waals surface area contributed by atoms with Crippen molar-refractivity contribution in [1.29, 1.82) is 0 Å². The van der Waals surface area contributed by atoms with Crippen LogP contribution in [0.25, 0.3) is 0 Å². The summed E-state index contributed by atoms with van der Waals surface area (Å²) in [5.74, 6) is 0.830. The maximum Gasteiger partial charge on any atom is 0.346 e. The number of aliphatic hydroxyl groups is 1. The minimum absolute atomic E-state index is 0.0496. The Morgan fingerprint density at radius 3 is 2.64 bits per heavy atom. The number of esters is 2. The molecule has 39 heavy (non-hydrogen) atoms. The molecule has 0 saturated heterocycles. The summed E-state index contributed by atoms with van der Waals surface area (Å²) < 4.78 is 24.3. The highest BCUT2D eigenvalue weighted by Gasteiger charge is 2.53. The monoisotopic (exact) mass is 620 g/mol. The third-order valence-corrected chi connectivity index (χ3v) is 10.1. The average Bonchev–Trinajstić information content (AvgIpc) is 3.48. The Balaban J connectivity index is 1.60. The Bertz CT molecular complexity index is 1340. The number of fused-ring (bicyclic) bond motifs is 4. The smallest absolute Gasteiger partial charge is 0.346 e. The van der Waals surface area contributed by atoms with Crippen molar-refractivity contribution in [3.05, 3.63) is 43.9 Å². The number of rotatable bonds is 6. The number of ether oxygens (including phenoxy) is 4. The highest BCUT2D eigenvalue weighted by atomic mass is 79.9. The Morgan fingerprint density at radius 1 is 1.28 bits per heavy atom. The molecule has 210 valence electrons. The van der Waals surface area contributed by atoms with Gasteiger partial charge < -0.3 is 24.1 Å². The third-order valence-electron chi connectivity index (χ3n) is 8.59. The fraction of sp³-hybridized carbons (Fsp3) is 0.533. The number of aliphatic hydroxyl groups excluding tert-OH is 1. The molecule has 1 heterocycles. The molecule has 7 nitrogen and oxygen atoms in total. The Kier molecular flexibility index (Phi) is 7.68. The van der Waals surface area contributed by atoms with Crippen LogP contribution in [0.15, 0.2) is 16.6 Å². The van der Waals surface area contributed by atoms with Crippen molar-refractivity contribution in [3.8, 4) is 23.0 Å². The first-order valence-corrected chi connectivity index (χ1v) is 14.6. The second-order valence-corrected chi connectivity index (χ2v) is 12.8. The molecule has 1 aliphatic heterocycles. The zero-order chi connectivity index (χ0) is 28.2. The Hall–Kier alpha value is -2.29. The molecule has 2 aliphatic carbocycles. The number of hydrogen-bond donors (Lipinski definition) is 1. The summed E-state index contributed by atoms with van der Waals surface area (Å²) in [7, 11) is 1.43. The third kappa shape index (κ3) is 4.82. The highest BCUT2D eigenvalue weighted by Crippen LogP contribution is 2.57. The van der Waals surface area contributed by atoms with Gasteiger partial charge in [-0.15, -0.1) is 0 Å². The fourth-order valence-electron chi connectivity index (χ4n) is 6.46. The van der Waals surface area contributed by atoms with Crippen LogP contribution in [0.5, 0.6) is 23.0 Å². The molecule has 5 rings (SSSR count). The van der Waals surface area contributed by atoms with E-state index in [2.05, 4.69) is 15.9 Å².